The minimum Gasteiger partial charge on any atom is -0.480 e. The molecule has 118 valence electrons. The summed E-state index contributed by atoms with van der Waals surface area (Å²) in [5, 5.41) is 12.3. The molecule has 1 fully saturated rings. The molecular formula is C15H29NO4. The average Bonchev–Trinajstić information content (AvgIpc) is 2.48. The number of hydrogen-bond donors (Lipinski definition) is 2. The standard InChI is InChI=1S/C15H29NO4/c1-4-15(16-2,14(17)18)9-6-10-20-13-8-5-7-12(11-13)19-3/h12-13,16H,4-11H2,1-3H3,(H,17,18). The van der Waals surface area contributed by atoms with Gasteiger partial charge in [-0.25, -0.2) is 0 Å². The van der Waals surface area contributed by atoms with Crippen LogP contribution in [0.1, 0.15) is 51.9 Å². The van der Waals surface area contributed by atoms with Crippen LogP contribution in [0.3, 0.4) is 0 Å². The van der Waals surface area contributed by atoms with Gasteiger partial charge in [-0.05, 0) is 52.0 Å². The van der Waals surface area contributed by atoms with Crippen molar-refractivity contribution in [2.24, 2.45) is 0 Å². The Balaban J connectivity index is 2.28. The molecule has 5 heteroatoms. The molecule has 0 bridgehead atoms. The molecule has 0 radical (unpaired) electrons. The molecule has 0 spiro atoms. The molecule has 3 unspecified atom stereocenters. The first-order valence-corrected chi connectivity index (χ1v) is 7.64. The van der Waals surface area contributed by atoms with E-state index in [0.717, 1.165) is 32.1 Å². The number of carbonyl (C=O) groups is 1. The molecule has 0 aromatic heterocycles. The molecule has 0 amide bonds. The predicted octanol–water partition coefficient (Wildman–Crippen LogP) is 2.19. The third-order valence-corrected chi connectivity index (χ3v) is 4.50. The Bertz CT molecular complexity index is 292. The highest BCUT2D eigenvalue weighted by Crippen LogP contribution is 2.24. The van der Waals surface area contributed by atoms with Crippen LogP contribution in [0.4, 0.5) is 0 Å². The van der Waals surface area contributed by atoms with Crippen LogP contribution in [0.5, 0.6) is 0 Å². The lowest BCUT2D eigenvalue weighted by molar-refractivity contribution is -0.145. The number of nitrogens with one attached hydrogen (secondary N) is 1. The lowest BCUT2D eigenvalue weighted by Crippen LogP contribution is -2.50. The van der Waals surface area contributed by atoms with E-state index in [1.807, 2.05) is 6.92 Å². The van der Waals surface area contributed by atoms with Crippen LogP contribution in [0, 0.1) is 0 Å². The highest BCUT2D eigenvalue weighted by molar-refractivity contribution is 5.78. The number of likely N-dealkylation sites (N-methyl/N-ethyl adjacent to an activating group) is 1. The summed E-state index contributed by atoms with van der Waals surface area (Å²) < 4.78 is 11.3. The molecule has 0 heterocycles. The maximum Gasteiger partial charge on any atom is 0.323 e. The number of aliphatic carboxylic acids is 1. The zero-order chi connectivity index (χ0) is 15.0. The fourth-order valence-electron chi connectivity index (χ4n) is 2.94. The third kappa shape index (κ3) is 4.72. The number of rotatable bonds is 9. The van der Waals surface area contributed by atoms with E-state index in [0.29, 0.717) is 25.6 Å². The number of ether oxygens (including phenoxy) is 2. The maximum absolute atomic E-state index is 11.3. The number of methoxy groups -OCH3 is 1. The second-order valence-electron chi connectivity index (χ2n) is 5.61. The summed E-state index contributed by atoms with van der Waals surface area (Å²) >= 11 is 0. The Kier molecular flexibility index (Phi) is 7.48. The molecular weight excluding hydrogens is 258 g/mol. The topological polar surface area (TPSA) is 67.8 Å². The molecule has 0 aliphatic heterocycles. The van der Waals surface area contributed by atoms with Gasteiger partial charge < -0.3 is 19.9 Å². The van der Waals surface area contributed by atoms with E-state index < -0.39 is 11.5 Å². The van der Waals surface area contributed by atoms with Crippen molar-refractivity contribution in [2.75, 3.05) is 20.8 Å². The summed E-state index contributed by atoms with van der Waals surface area (Å²) in [4.78, 5) is 11.3. The molecule has 1 aliphatic rings. The van der Waals surface area contributed by atoms with Crippen LogP contribution in [-0.2, 0) is 14.3 Å². The van der Waals surface area contributed by atoms with Gasteiger partial charge in [0.15, 0.2) is 0 Å². The molecule has 1 aliphatic carbocycles. The van der Waals surface area contributed by atoms with Crippen molar-refractivity contribution < 1.29 is 19.4 Å². The number of hydrogen-bond acceptors (Lipinski definition) is 4. The number of carboxylic acid groups (broad SMARTS) is 1. The highest BCUT2D eigenvalue weighted by Gasteiger charge is 2.34. The Morgan fingerprint density at radius 3 is 2.65 bits per heavy atom. The van der Waals surface area contributed by atoms with Crippen LogP contribution in [-0.4, -0.2) is 49.6 Å². The van der Waals surface area contributed by atoms with Crippen molar-refractivity contribution >= 4 is 5.97 Å². The first-order chi connectivity index (χ1) is 9.57. The van der Waals surface area contributed by atoms with Crippen LogP contribution in [0.2, 0.25) is 0 Å². The van der Waals surface area contributed by atoms with E-state index in [1.54, 1.807) is 14.2 Å². The molecule has 1 saturated carbocycles. The molecule has 0 aromatic rings. The Morgan fingerprint density at radius 2 is 2.10 bits per heavy atom. The first-order valence-electron chi connectivity index (χ1n) is 7.64. The lowest BCUT2D eigenvalue weighted by atomic mass is 9.90. The van der Waals surface area contributed by atoms with Gasteiger partial charge in [-0.2, -0.15) is 0 Å². The van der Waals surface area contributed by atoms with Gasteiger partial charge in [0.25, 0.3) is 0 Å². The van der Waals surface area contributed by atoms with Gasteiger partial charge in [0, 0.05) is 13.7 Å². The van der Waals surface area contributed by atoms with Crippen molar-refractivity contribution in [3.8, 4) is 0 Å². The zero-order valence-corrected chi connectivity index (χ0v) is 13.0. The quantitative estimate of drug-likeness (QED) is 0.636. The fourth-order valence-corrected chi connectivity index (χ4v) is 2.94. The van der Waals surface area contributed by atoms with Crippen molar-refractivity contribution in [2.45, 2.75) is 69.6 Å². The predicted molar refractivity (Wildman–Crippen MR) is 78.0 cm³/mol. The fraction of sp³-hybridized carbons (Fsp3) is 0.933. The van der Waals surface area contributed by atoms with Gasteiger partial charge >= 0.3 is 5.97 Å². The van der Waals surface area contributed by atoms with E-state index in [9.17, 15) is 9.90 Å². The zero-order valence-electron chi connectivity index (χ0n) is 13.0. The van der Waals surface area contributed by atoms with Crippen molar-refractivity contribution in [1.29, 1.82) is 0 Å². The number of carboxylic acids is 1. The van der Waals surface area contributed by atoms with Gasteiger partial charge in [-0.15, -0.1) is 0 Å². The minimum absolute atomic E-state index is 0.268. The van der Waals surface area contributed by atoms with Crippen molar-refractivity contribution in [3.63, 3.8) is 0 Å². The summed E-state index contributed by atoms with van der Waals surface area (Å²) in [6.45, 7) is 2.52. The summed E-state index contributed by atoms with van der Waals surface area (Å²) in [7, 11) is 3.46. The van der Waals surface area contributed by atoms with Gasteiger partial charge in [0.2, 0.25) is 0 Å². The monoisotopic (exact) mass is 287 g/mol. The van der Waals surface area contributed by atoms with Gasteiger partial charge in [0.1, 0.15) is 5.54 Å². The van der Waals surface area contributed by atoms with E-state index in [1.165, 1.54) is 0 Å². The van der Waals surface area contributed by atoms with Crippen LogP contribution < -0.4 is 5.32 Å². The minimum atomic E-state index is -0.814. The molecule has 2 N–H and O–H groups in total. The summed E-state index contributed by atoms with van der Waals surface area (Å²) in [6.07, 6.45) is 6.83. The second kappa shape index (κ2) is 8.60. The Labute approximate surface area is 122 Å². The molecule has 0 saturated heterocycles. The maximum atomic E-state index is 11.3. The smallest absolute Gasteiger partial charge is 0.323 e. The molecule has 1 rings (SSSR count). The van der Waals surface area contributed by atoms with Crippen molar-refractivity contribution in [1.82, 2.24) is 5.32 Å². The van der Waals surface area contributed by atoms with E-state index >= 15 is 0 Å². The third-order valence-electron chi connectivity index (χ3n) is 4.50. The van der Waals surface area contributed by atoms with E-state index in [-0.39, 0.29) is 6.10 Å². The first kappa shape index (κ1) is 17.4. The highest BCUT2D eigenvalue weighted by atomic mass is 16.5. The van der Waals surface area contributed by atoms with Crippen LogP contribution >= 0.6 is 0 Å². The largest absolute Gasteiger partial charge is 0.480 e. The van der Waals surface area contributed by atoms with Crippen molar-refractivity contribution in [3.05, 3.63) is 0 Å². The SMILES string of the molecule is CCC(CCCOC1CCCC(OC)C1)(NC)C(=O)O. The van der Waals surface area contributed by atoms with Gasteiger partial charge in [0.05, 0.1) is 12.2 Å². The van der Waals surface area contributed by atoms with Crippen LogP contribution in [0.15, 0.2) is 0 Å². The second-order valence-corrected chi connectivity index (χ2v) is 5.61. The molecule has 5 nitrogen and oxygen atoms in total. The van der Waals surface area contributed by atoms with Crippen LogP contribution in [0.25, 0.3) is 0 Å². The summed E-state index contributed by atoms with van der Waals surface area (Å²) in [5.74, 6) is -0.778. The summed E-state index contributed by atoms with van der Waals surface area (Å²) in [5.41, 5.74) is -0.814. The van der Waals surface area contributed by atoms with E-state index in [4.69, 9.17) is 9.47 Å². The Morgan fingerprint density at radius 1 is 1.40 bits per heavy atom. The molecule has 3 atom stereocenters. The normalized spacial score (nSPS) is 26.1. The van der Waals surface area contributed by atoms with Gasteiger partial charge in [-0.3, -0.25) is 4.79 Å². The van der Waals surface area contributed by atoms with Gasteiger partial charge in [-0.1, -0.05) is 6.92 Å². The summed E-state index contributed by atoms with van der Waals surface area (Å²) in [6, 6.07) is 0. The molecule has 20 heavy (non-hydrogen) atoms. The molecule has 0 aromatic carbocycles. The average molecular weight is 287 g/mol. The lowest BCUT2D eigenvalue weighted by Gasteiger charge is -2.30. The Hall–Kier alpha value is -0.650. The van der Waals surface area contributed by atoms with E-state index in [2.05, 4.69) is 5.32 Å².